The van der Waals surface area contributed by atoms with Crippen LogP contribution in [0.25, 0.3) is 21.5 Å². The number of carbonyl (C=O) groups excluding carboxylic acids is 2. The highest BCUT2D eigenvalue weighted by atomic mass is 16.3. The predicted molar refractivity (Wildman–Crippen MR) is 320 cm³/mol. The summed E-state index contributed by atoms with van der Waals surface area (Å²) in [5.74, 6) is 0.983. The zero-order valence-corrected chi connectivity index (χ0v) is 47.9. The summed E-state index contributed by atoms with van der Waals surface area (Å²) >= 11 is 0. The minimum Gasteiger partial charge on any atom is -0.505 e. The topological polar surface area (TPSA) is 131 Å². The average molecular weight is 1040 g/mol. The number of nitrogens with zero attached hydrogens (tertiary/aromatic N) is 6. The van der Waals surface area contributed by atoms with E-state index < -0.39 is 0 Å². The normalized spacial score (nSPS) is 13.4. The summed E-state index contributed by atoms with van der Waals surface area (Å²) in [6.07, 6.45) is 18.0. The molecule has 0 aliphatic rings. The van der Waals surface area contributed by atoms with E-state index in [1.807, 2.05) is 119 Å². The van der Waals surface area contributed by atoms with Crippen LogP contribution in [0.4, 0.5) is 22.7 Å². The molecular weight excluding hydrogens is 953 g/mol. The van der Waals surface area contributed by atoms with E-state index >= 15 is 0 Å². The number of rotatable bonds is 32. The highest BCUT2D eigenvalue weighted by Gasteiger charge is 2.29. The molecule has 0 radical (unpaired) electrons. The molecule has 0 saturated carbocycles. The van der Waals surface area contributed by atoms with Crippen LogP contribution in [0.3, 0.4) is 0 Å². The number of benzene rings is 6. The van der Waals surface area contributed by atoms with Crippen LogP contribution in [0.1, 0.15) is 190 Å². The smallest absolute Gasteiger partial charge is 0.257 e. The number of amides is 2. The van der Waals surface area contributed by atoms with Gasteiger partial charge in [-0.25, -0.2) is 0 Å². The third-order valence-corrected chi connectivity index (χ3v) is 15.9. The third-order valence-electron chi connectivity index (χ3n) is 15.9. The molecule has 0 aliphatic carbocycles. The second kappa shape index (κ2) is 31.1. The Morgan fingerprint density at radius 2 is 0.740 bits per heavy atom. The summed E-state index contributed by atoms with van der Waals surface area (Å²) < 4.78 is 0. The highest BCUT2D eigenvalue weighted by Crippen LogP contribution is 2.42. The van der Waals surface area contributed by atoms with Gasteiger partial charge in [-0.3, -0.25) is 9.59 Å². The quantitative estimate of drug-likeness (QED) is 0.0407. The molecule has 0 fully saturated rings. The first-order chi connectivity index (χ1) is 37.5. The number of carbonyl (C=O) groups is 2. The van der Waals surface area contributed by atoms with Crippen LogP contribution < -0.4 is 0 Å². The van der Waals surface area contributed by atoms with E-state index in [2.05, 4.69) is 75.8 Å². The van der Waals surface area contributed by atoms with Gasteiger partial charge >= 0.3 is 0 Å². The molecule has 10 nitrogen and oxygen atoms in total. The number of phenolic OH excluding ortho intramolecular Hbond substituents is 2. The van der Waals surface area contributed by atoms with Crippen LogP contribution in [0.2, 0.25) is 0 Å². The van der Waals surface area contributed by atoms with Crippen molar-refractivity contribution < 1.29 is 19.8 Å². The molecule has 0 aromatic heterocycles. The number of hydrogen-bond donors (Lipinski definition) is 2. The third kappa shape index (κ3) is 16.8. The van der Waals surface area contributed by atoms with E-state index in [1.54, 1.807) is 0 Å². The fourth-order valence-corrected chi connectivity index (χ4v) is 10.7. The molecule has 6 aromatic rings. The molecule has 0 saturated heterocycles. The van der Waals surface area contributed by atoms with Crippen molar-refractivity contribution in [1.29, 1.82) is 0 Å². The molecule has 4 unspecified atom stereocenters. The first-order valence-electron chi connectivity index (χ1n) is 29.6. The van der Waals surface area contributed by atoms with Crippen molar-refractivity contribution in [3.05, 3.63) is 131 Å². The monoisotopic (exact) mass is 1040 g/mol. The molecule has 6 aromatic carbocycles. The largest absolute Gasteiger partial charge is 0.505 e. The van der Waals surface area contributed by atoms with Crippen molar-refractivity contribution in [1.82, 2.24) is 9.80 Å². The summed E-state index contributed by atoms with van der Waals surface area (Å²) in [5.41, 5.74) is 4.51. The van der Waals surface area contributed by atoms with E-state index in [9.17, 15) is 19.8 Å². The Kier molecular flexibility index (Phi) is 24.2. The van der Waals surface area contributed by atoms with E-state index in [1.165, 1.54) is 0 Å². The lowest BCUT2D eigenvalue weighted by molar-refractivity contribution is 0.0675. The number of unbranched alkanes of at least 4 members (excludes halogenated alkanes) is 4. The summed E-state index contributed by atoms with van der Waals surface area (Å²) in [5, 5.41) is 45.5. The SMILES string of the molecule is CCCCC(CC)CN(CC(CC)CCCC)C(=O)c1cc2ccccc2c(N=Nc2ccc(Cc3ccc(N=Nc4c(O)c(C(=O)N(CC(CC)CCCC)CC(CC)CCCC)cc5ccccc45)cc3)cc2)c1O. The number of aromatic hydroxyl groups is 2. The molecule has 0 aliphatic heterocycles. The molecule has 0 spiro atoms. The Morgan fingerprint density at radius 1 is 0.429 bits per heavy atom. The number of phenols is 2. The maximum absolute atomic E-state index is 14.7. The molecule has 0 bridgehead atoms. The van der Waals surface area contributed by atoms with Crippen LogP contribution in [0.15, 0.2) is 130 Å². The minimum absolute atomic E-state index is 0.141. The fourth-order valence-electron chi connectivity index (χ4n) is 10.7. The first kappa shape index (κ1) is 59.8. The number of fused-ring (bicyclic) bond motifs is 2. The van der Waals surface area contributed by atoms with E-state index in [0.29, 0.717) is 67.6 Å². The highest BCUT2D eigenvalue weighted by molar-refractivity contribution is 6.08. The predicted octanol–water partition coefficient (Wildman–Crippen LogP) is 19.6. The molecule has 10 heteroatoms. The lowest BCUT2D eigenvalue weighted by Crippen LogP contribution is -2.39. The minimum atomic E-state index is -0.153. The van der Waals surface area contributed by atoms with Gasteiger partial charge in [-0.2, -0.15) is 10.2 Å². The van der Waals surface area contributed by atoms with Gasteiger partial charge in [0.25, 0.3) is 11.8 Å². The number of azo groups is 2. The Labute approximate surface area is 461 Å². The molecule has 6 rings (SSSR count). The van der Waals surface area contributed by atoms with Gasteiger partial charge in [-0.05, 0) is 114 Å². The standard InChI is InChI=1S/C67H90N6O4/c1-9-17-25-48(13-5)44-72(45-49(14-6)26-18-10-2)66(76)60-42-54-29-21-23-31-58(54)62(64(60)74)70-68-56-37-33-52(34-38-56)41-53-35-39-57(40-36-53)69-71-63-59-32-24-22-30-55(59)43-61(65(63)75)67(77)73(46-50(15-7)27-19-11-3)47-51(16-8)28-20-12-4/h21-24,29-40,42-43,48-51,74-75H,9-20,25-28,41,44-47H2,1-8H3. The van der Waals surface area contributed by atoms with Gasteiger partial charge in [0, 0.05) is 37.0 Å². The van der Waals surface area contributed by atoms with Crippen LogP contribution in [0.5, 0.6) is 11.5 Å². The lowest BCUT2D eigenvalue weighted by atomic mass is 9.94. The van der Waals surface area contributed by atoms with Crippen molar-refractivity contribution in [3.63, 3.8) is 0 Å². The van der Waals surface area contributed by atoms with Gasteiger partial charge in [0.2, 0.25) is 0 Å². The van der Waals surface area contributed by atoms with E-state index in [-0.39, 0.29) is 45.8 Å². The summed E-state index contributed by atoms with van der Waals surface area (Å²) in [4.78, 5) is 33.3. The van der Waals surface area contributed by atoms with Gasteiger partial charge in [-0.15, -0.1) is 10.2 Å². The van der Waals surface area contributed by atoms with Gasteiger partial charge in [0.15, 0.2) is 11.5 Å². The Morgan fingerprint density at radius 3 is 1.04 bits per heavy atom. The zero-order chi connectivity index (χ0) is 55.1. The van der Waals surface area contributed by atoms with Gasteiger partial charge in [0.1, 0.15) is 11.4 Å². The van der Waals surface area contributed by atoms with Crippen LogP contribution in [-0.2, 0) is 6.42 Å². The van der Waals surface area contributed by atoms with Crippen LogP contribution >= 0.6 is 0 Å². The average Bonchev–Trinajstić information content (AvgIpc) is 3.48. The maximum atomic E-state index is 14.7. The van der Waals surface area contributed by atoms with Crippen molar-refractivity contribution >= 4 is 56.1 Å². The molecule has 2 N–H and O–H groups in total. The molecule has 412 valence electrons. The van der Waals surface area contributed by atoms with Crippen LogP contribution in [0, 0.1) is 23.7 Å². The molecule has 2 amide bonds. The first-order valence-corrected chi connectivity index (χ1v) is 29.6. The Bertz CT molecular complexity index is 2610. The second-order valence-electron chi connectivity index (χ2n) is 21.7. The molecular formula is C67H90N6O4. The molecule has 77 heavy (non-hydrogen) atoms. The molecule has 4 atom stereocenters. The van der Waals surface area contributed by atoms with Gasteiger partial charge < -0.3 is 20.0 Å². The van der Waals surface area contributed by atoms with Crippen molar-refractivity contribution in [2.75, 3.05) is 26.2 Å². The molecule has 0 heterocycles. The van der Waals surface area contributed by atoms with Crippen LogP contribution in [-0.4, -0.2) is 58.0 Å². The zero-order valence-electron chi connectivity index (χ0n) is 47.9. The van der Waals surface area contributed by atoms with Crippen molar-refractivity contribution in [2.24, 2.45) is 44.1 Å². The van der Waals surface area contributed by atoms with Gasteiger partial charge in [-0.1, -0.05) is 205 Å². The second-order valence-corrected chi connectivity index (χ2v) is 21.7. The maximum Gasteiger partial charge on any atom is 0.257 e. The summed E-state index contributed by atoms with van der Waals surface area (Å²) in [6, 6.07) is 34.8. The fraction of sp³-hybridized carbons (Fsp3) is 0.493. The Hall–Kier alpha value is -6.42. The van der Waals surface area contributed by atoms with Crippen molar-refractivity contribution in [3.8, 4) is 11.5 Å². The lowest BCUT2D eigenvalue weighted by Gasteiger charge is -2.31. The van der Waals surface area contributed by atoms with E-state index in [0.717, 1.165) is 135 Å². The number of hydrogen-bond acceptors (Lipinski definition) is 8. The summed E-state index contributed by atoms with van der Waals surface area (Å²) in [6.45, 7) is 20.4. The van der Waals surface area contributed by atoms with E-state index in [4.69, 9.17) is 0 Å². The van der Waals surface area contributed by atoms with Crippen molar-refractivity contribution in [2.45, 2.75) is 165 Å². The van der Waals surface area contributed by atoms with Gasteiger partial charge in [0.05, 0.1) is 22.5 Å². The Balaban J connectivity index is 1.20. The summed E-state index contributed by atoms with van der Waals surface area (Å²) in [7, 11) is 0.